The average Bonchev–Trinajstić information content (AvgIpc) is 3.78. The number of hydrogen-bond acceptors (Lipinski definition) is 10. The minimum Gasteiger partial charge on any atom is -0.508 e. The van der Waals surface area contributed by atoms with Crippen LogP contribution in [0.15, 0.2) is 127 Å². The Morgan fingerprint density at radius 1 is 0.723 bits per heavy atom. The molecule has 1 N–H and O–H groups in total. The van der Waals surface area contributed by atoms with Gasteiger partial charge in [-0.1, -0.05) is 104 Å². The maximum atomic E-state index is 16.4. The number of imide groups is 1. The number of esters is 1. The Hall–Kier alpha value is -6.94. The highest BCUT2D eigenvalue weighted by molar-refractivity contribution is 6.23. The predicted octanol–water partition coefficient (Wildman–Crippen LogP) is 8.04. The van der Waals surface area contributed by atoms with Crippen LogP contribution < -0.4 is 9.64 Å². The Bertz CT molecular complexity index is 2600. The fourth-order valence-electron chi connectivity index (χ4n) is 10.4. The van der Waals surface area contributed by atoms with E-state index < -0.39 is 53.5 Å². The van der Waals surface area contributed by atoms with Gasteiger partial charge in [0.2, 0.25) is 11.8 Å². The van der Waals surface area contributed by atoms with Gasteiger partial charge in [-0.2, -0.15) is 0 Å². The molecular formula is C53H51N3O9. The average molecular weight is 874 g/mol. The second kappa shape index (κ2) is 18.6. The van der Waals surface area contributed by atoms with Gasteiger partial charge in [0, 0.05) is 31.3 Å². The van der Waals surface area contributed by atoms with Gasteiger partial charge >= 0.3 is 12.1 Å². The van der Waals surface area contributed by atoms with E-state index in [1.807, 2.05) is 89.8 Å². The summed E-state index contributed by atoms with van der Waals surface area (Å²) in [6.07, 6.45) is 2.60. The van der Waals surface area contributed by atoms with Crippen molar-refractivity contribution in [2.24, 2.45) is 5.92 Å². The van der Waals surface area contributed by atoms with Crippen LogP contribution in [0.25, 0.3) is 0 Å². The molecule has 12 heteroatoms. The molecule has 1 spiro atoms. The Kier molecular flexibility index (Phi) is 12.4. The molecule has 9 rings (SSSR count). The van der Waals surface area contributed by atoms with Crippen molar-refractivity contribution in [3.63, 3.8) is 0 Å². The molecule has 0 unspecified atom stereocenters. The molecule has 5 aromatic carbocycles. The smallest absolute Gasteiger partial charge is 0.421 e. The molecule has 0 aromatic heterocycles. The Labute approximate surface area is 378 Å². The number of amides is 3. The van der Waals surface area contributed by atoms with E-state index >= 15 is 14.4 Å². The number of methoxy groups -OCH3 is 2. The number of fused-ring (bicyclic) bond motifs is 3. The first-order valence-electron chi connectivity index (χ1n) is 22.2. The summed E-state index contributed by atoms with van der Waals surface area (Å²) in [5, 5.41) is 10.7. The summed E-state index contributed by atoms with van der Waals surface area (Å²) in [6.45, 7) is 0.811. The predicted molar refractivity (Wildman–Crippen MR) is 242 cm³/mol. The van der Waals surface area contributed by atoms with Crippen LogP contribution in [0.4, 0.5) is 10.5 Å². The molecule has 332 valence electrons. The summed E-state index contributed by atoms with van der Waals surface area (Å²) >= 11 is 0. The Balaban J connectivity index is 1.34. The third kappa shape index (κ3) is 7.89. The van der Waals surface area contributed by atoms with Crippen molar-refractivity contribution in [2.45, 2.75) is 61.7 Å². The van der Waals surface area contributed by atoms with Gasteiger partial charge in [0.25, 0.3) is 0 Å². The zero-order valence-electron chi connectivity index (χ0n) is 36.4. The van der Waals surface area contributed by atoms with E-state index in [0.717, 1.165) is 48.1 Å². The molecule has 0 saturated carbocycles. The molecule has 5 aromatic rings. The van der Waals surface area contributed by atoms with E-state index in [0.29, 0.717) is 41.1 Å². The summed E-state index contributed by atoms with van der Waals surface area (Å²) in [5.41, 5.74) is 1.89. The number of ether oxygens (including phenoxy) is 4. The maximum Gasteiger partial charge on any atom is 0.421 e. The fourth-order valence-corrected chi connectivity index (χ4v) is 10.4. The van der Waals surface area contributed by atoms with Crippen LogP contribution in [0, 0.1) is 17.8 Å². The van der Waals surface area contributed by atoms with Crippen molar-refractivity contribution in [1.82, 2.24) is 9.80 Å². The van der Waals surface area contributed by atoms with Crippen molar-refractivity contribution < 1.29 is 43.2 Å². The largest absolute Gasteiger partial charge is 0.508 e. The zero-order chi connectivity index (χ0) is 45.1. The van der Waals surface area contributed by atoms with Crippen molar-refractivity contribution in [2.75, 3.05) is 45.4 Å². The maximum absolute atomic E-state index is 16.4. The molecule has 3 amide bonds. The van der Waals surface area contributed by atoms with Crippen LogP contribution in [-0.4, -0.2) is 85.3 Å². The number of carbonyl (C=O) groups excluding carboxylic acids is 4. The van der Waals surface area contributed by atoms with Gasteiger partial charge in [0.05, 0.1) is 37.4 Å². The van der Waals surface area contributed by atoms with Crippen LogP contribution in [0.1, 0.15) is 83.7 Å². The first-order valence-corrected chi connectivity index (χ1v) is 22.2. The molecular weight excluding hydrogens is 823 g/mol. The van der Waals surface area contributed by atoms with Crippen molar-refractivity contribution >= 4 is 29.6 Å². The highest BCUT2D eigenvalue weighted by Gasteiger charge is 2.76. The van der Waals surface area contributed by atoms with Gasteiger partial charge in [0.1, 0.15) is 35.7 Å². The van der Waals surface area contributed by atoms with E-state index in [1.165, 1.54) is 19.2 Å². The molecule has 0 bridgehead atoms. The van der Waals surface area contributed by atoms with Crippen LogP contribution in [0.2, 0.25) is 0 Å². The Morgan fingerprint density at radius 2 is 1.35 bits per heavy atom. The lowest BCUT2D eigenvalue weighted by molar-refractivity contribution is -0.179. The van der Waals surface area contributed by atoms with E-state index in [4.69, 9.17) is 18.9 Å². The van der Waals surface area contributed by atoms with Gasteiger partial charge in [0.15, 0.2) is 0 Å². The van der Waals surface area contributed by atoms with Crippen molar-refractivity contribution in [1.29, 1.82) is 0 Å². The monoisotopic (exact) mass is 873 g/mol. The molecule has 65 heavy (non-hydrogen) atoms. The van der Waals surface area contributed by atoms with Gasteiger partial charge in [-0.05, 0) is 89.7 Å². The minimum absolute atomic E-state index is 0.0111. The lowest BCUT2D eigenvalue weighted by Crippen LogP contribution is -2.56. The lowest BCUT2D eigenvalue weighted by atomic mass is 9.64. The second-order valence-electron chi connectivity index (χ2n) is 16.9. The van der Waals surface area contributed by atoms with Crippen molar-refractivity contribution in [3.8, 4) is 23.3 Å². The third-order valence-electron chi connectivity index (χ3n) is 13.2. The van der Waals surface area contributed by atoms with Crippen LogP contribution in [0.3, 0.4) is 0 Å². The molecule has 4 aliphatic heterocycles. The lowest BCUT2D eigenvalue weighted by Gasteiger charge is -2.46. The summed E-state index contributed by atoms with van der Waals surface area (Å²) in [5.74, 6) is 4.00. The number of carbonyl (C=O) groups is 4. The number of rotatable bonds is 8. The number of cyclic esters (lactones) is 1. The molecule has 3 saturated heterocycles. The number of anilines is 1. The van der Waals surface area contributed by atoms with Gasteiger partial charge in [-0.15, -0.1) is 0 Å². The fraction of sp³-hybridized carbons (Fsp3) is 0.321. The van der Waals surface area contributed by atoms with Gasteiger partial charge in [-0.25, -0.2) is 9.69 Å². The topological polar surface area (TPSA) is 135 Å². The standard InChI is InChI=1S/C53H51N3O9/c1-62-32-33-64-52(61)55-43-29-22-36(19-18-35-20-27-41(63-2)28-21-35)34-42(43)53(51(55)60)44(49(58)54-30-12-4-3-5-13-31-54)46-50(59)65-47(38-16-10-7-11-17-38)45(37-14-8-6-9-15-37)56(46)48(53)39-23-25-40(57)26-24-39/h6-11,14-17,20-29,34,44-48,57H,3-5,12-13,30-33H2,1-2H3/t44-,45-,46-,47+,48+,53-/m0/s1. The normalized spacial score (nSPS) is 23.9. The number of benzene rings is 5. The third-order valence-corrected chi connectivity index (χ3v) is 13.2. The highest BCUT2D eigenvalue weighted by atomic mass is 16.6. The number of aromatic hydroxyl groups is 1. The van der Waals surface area contributed by atoms with Crippen LogP contribution >= 0.6 is 0 Å². The van der Waals surface area contributed by atoms with Crippen molar-refractivity contribution in [3.05, 3.63) is 161 Å². The molecule has 3 fully saturated rings. The van der Waals surface area contributed by atoms with E-state index in [1.54, 1.807) is 42.3 Å². The summed E-state index contributed by atoms with van der Waals surface area (Å²) < 4.78 is 22.9. The quantitative estimate of drug-likeness (QED) is 0.0928. The first-order chi connectivity index (χ1) is 31.8. The van der Waals surface area contributed by atoms with E-state index in [-0.39, 0.29) is 30.6 Å². The van der Waals surface area contributed by atoms with Crippen LogP contribution in [-0.2, 0) is 34.0 Å². The molecule has 4 heterocycles. The van der Waals surface area contributed by atoms with E-state index in [2.05, 4.69) is 11.8 Å². The Morgan fingerprint density at radius 3 is 2.02 bits per heavy atom. The van der Waals surface area contributed by atoms with E-state index in [9.17, 15) is 9.90 Å². The molecule has 0 aliphatic carbocycles. The molecule has 6 atom stereocenters. The zero-order valence-corrected chi connectivity index (χ0v) is 36.4. The molecule has 4 aliphatic rings. The van der Waals surface area contributed by atoms with Crippen LogP contribution in [0.5, 0.6) is 11.5 Å². The summed E-state index contributed by atoms with van der Waals surface area (Å²) in [7, 11) is 3.08. The van der Waals surface area contributed by atoms with Gasteiger partial charge < -0.3 is 29.0 Å². The SMILES string of the molecule is COCCOC(=O)N1C(=O)[C@@]2(c3cc(C#Cc4ccc(OC)cc4)ccc31)[C@H](C(=O)N1CCCCCCC1)[C@H]1C(=O)O[C@H](c3ccccc3)[C@H](c3ccccc3)N1[C@@H]2c1ccc(O)cc1. The molecule has 12 nitrogen and oxygen atoms in total. The number of likely N-dealkylation sites (tertiary alicyclic amines) is 1. The second-order valence-corrected chi connectivity index (χ2v) is 16.9. The van der Waals surface area contributed by atoms with Gasteiger partial charge in [-0.3, -0.25) is 19.3 Å². The summed E-state index contributed by atoms with van der Waals surface area (Å²) in [4.78, 5) is 67.1. The number of nitrogens with zero attached hydrogens (tertiary/aromatic N) is 3. The number of hydrogen-bond donors (Lipinski definition) is 1. The number of phenolic OH excluding ortho intramolecular Hbond substituents is 1. The first kappa shape index (κ1) is 43.3. The summed E-state index contributed by atoms with van der Waals surface area (Å²) in [6, 6.07) is 35.0. The number of phenols is 1. The number of morpholine rings is 1. The molecule has 0 radical (unpaired) electrons. The highest BCUT2D eigenvalue weighted by Crippen LogP contribution is 2.66. The minimum atomic E-state index is -1.95.